The lowest BCUT2D eigenvalue weighted by Gasteiger charge is -2.02. The molecule has 1 aromatic heterocycles. The van der Waals surface area contributed by atoms with E-state index in [1.54, 1.807) is 11.3 Å². The largest absolute Gasteiger partial charge is 0.447 e. The van der Waals surface area contributed by atoms with Gasteiger partial charge in [0.25, 0.3) is 0 Å². The van der Waals surface area contributed by atoms with Crippen LogP contribution in [0.15, 0.2) is 36.1 Å². The smallest absolute Gasteiger partial charge is 0.181 e. The van der Waals surface area contributed by atoms with Gasteiger partial charge in [-0.1, -0.05) is 19.9 Å². The standard InChI is InChI=1S/C13H18OS/c1-4-6-8-12(7-5-2)14-13-10-9-11(3)15-13/h6-10H,4-5H2,1-3H3/b8-6-,12-7+. The van der Waals surface area contributed by atoms with Crippen molar-refractivity contribution in [3.8, 4) is 5.06 Å². The second-order valence-corrected chi connectivity index (χ2v) is 4.54. The molecule has 0 aliphatic carbocycles. The van der Waals surface area contributed by atoms with Crippen LogP contribution in [0.5, 0.6) is 5.06 Å². The first-order valence-electron chi connectivity index (χ1n) is 5.37. The Morgan fingerprint density at radius 1 is 1.33 bits per heavy atom. The number of allylic oxidation sites excluding steroid dienone is 3. The molecule has 0 atom stereocenters. The van der Waals surface area contributed by atoms with Gasteiger partial charge in [-0.25, -0.2) is 0 Å². The molecule has 0 fully saturated rings. The lowest BCUT2D eigenvalue weighted by Crippen LogP contribution is -1.89. The van der Waals surface area contributed by atoms with E-state index in [-0.39, 0.29) is 0 Å². The van der Waals surface area contributed by atoms with E-state index in [1.165, 1.54) is 4.88 Å². The first-order valence-corrected chi connectivity index (χ1v) is 6.19. The molecule has 0 bridgehead atoms. The summed E-state index contributed by atoms with van der Waals surface area (Å²) in [7, 11) is 0. The lowest BCUT2D eigenvalue weighted by atomic mass is 10.3. The summed E-state index contributed by atoms with van der Waals surface area (Å²) in [4.78, 5) is 1.28. The molecule has 0 saturated heterocycles. The van der Waals surface area contributed by atoms with Crippen LogP contribution in [0.1, 0.15) is 31.6 Å². The van der Waals surface area contributed by atoms with Crippen LogP contribution in [-0.4, -0.2) is 0 Å². The van der Waals surface area contributed by atoms with E-state index >= 15 is 0 Å². The van der Waals surface area contributed by atoms with Gasteiger partial charge in [0.05, 0.1) is 0 Å². The van der Waals surface area contributed by atoms with Crippen LogP contribution in [0, 0.1) is 6.92 Å². The summed E-state index contributed by atoms with van der Waals surface area (Å²) in [5.41, 5.74) is 0. The summed E-state index contributed by atoms with van der Waals surface area (Å²) < 4.78 is 5.77. The average molecular weight is 222 g/mol. The summed E-state index contributed by atoms with van der Waals surface area (Å²) in [6, 6.07) is 4.09. The fraction of sp³-hybridized carbons (Fsp3) is 0.385. The van der Waals surface area contributed by atoms with Crippen molar-refractivity contribution in [3.05, 3.63) is 41.0 Å². The molecule has 82 valence electrons. The van der Waals surface area contributed by atoms with Gasteiger partial charge in [-0.05, 0) is 44.1 Å². The van der Waals surface area contributed by atoms with Crippen molar-refractivity contribution in [2.75, 3.05) is 0 Å². The molecule has 0 aliphatic rings. The first kappa shape index (κ1) is 12.1. The quantitative estimate of drug-likeness (QED) is 0.518. The van der Waals surface area contributed by atoms with Crippen molar-refractivity contribution in [2.45, 2.75) is 33.6 Å². The first-order chi connectivity index (χ1) is 7.26. The molecule has 0 unspecified atom stereocenters. The summed E-state index contributed by atoms with van der Waals surface area (Å²) in [6.45, 7) is 6.32. The maximum Gasteiger partial charge on any atom is 0.181 e. The van der Waals surface area contributed by atoms with Crippen molar-refractivity contribution >= 4 is 11.3 Å². The zero-order chi connectivity index (χ0) is 11.1. The van der Waals surface area contributed by atoms with E-state index in [4.69, 9.17) is 4.74 Å². The van der Waals surface area contributed by atoms with Crippen LogP contribution >= 0.6 is 11.3 Å². The van der Waals surface area contributed by atoms with Crippen molar-refractivity contribution < 1.29 is 4.74 Å². The molecule has 0 amide bonds. The Labute approximate surface area is 96.1 Å². The third-order valence-electron chi connectivity index (χ3n) is 1.86. The molecular weight excluding hydrogens is 204 g/mol. The van der Waals surface area contributed by atoms with Gasteiger partial charge in [0.2, 0.25) is 0 Å². The molecule has 0 saturated carbocycles. The Balaban J connectivity index is 2.67. The van der Waals surface area contributed by atoms with Crippen LogP contribution in [0.25, 0.3) is 0 Å². The Bertz CT molecular complexity index is 347. The molecule has 0 spiro atoms. The van der Waals surface area contributed by atoms with Gasteiger partial charge in [0.1, 0.15) is 5.76 Å². The van der Waals surface area contributed by atoms with Gasteiger partial charge in [0, 0.05) is 4.88 Å². The molecule has 1 aromatic rings. The van der Waals surface area contributed by atoms with Crippen molar-refractivity contribution in [1.82, 2.24) is 0 Å². The number of hydrogen-bond donors (Lipinski definition) is 0. The maximum absolute atomic E-state index is 5.77. The lowest BCUT2D eigenvalue weighted by molar-refractivity contribution is 0.454. The van der Waals surface area contributed by atoms with Crippen molar-refractivity contribution in [3.63, 3.8) is 0 Å². The minimum atomic E-state index is 0.946. The topological polar surface area (TPSA) is 9.23 Å². The van der Waals surface area contributed by atoms with Crippen molar-refractivity contribution in [1.29, 1.82) is 0 Å². The molecule has 0 N–H and O–H groups in total. The minimum absolute atomic E-state index is 0.946. The molecule has 0 radical (unpaired) electrons. The van der Waals surface area contributed by atoms with Gasteiger partial charge in [0.15, 0.2) is 5.06 Å². The summed E-state index contributed by atoms with van der Waals surface area (Å²) in [5, 5.41) is 0.966. The molecule has 15 heavy (non-hydrogen) atoms. The predicted octanol–water partition coefficient (Wildman–Crippen LogP) is 4.70. The number of rotatable bonds is 5. The molecule has 1 heterocycles. The van der Waals surface area contributed by atoms with Gasteiger partial charge >= 0.3 is 0 Å². The predicted molar refractivity (Wildman–Crippen MR) is 67.5 cm³/mol. The normalized spacial score (nSPS) is 12.3. The molecule has 0 aliphatic heterocycles. The van der Waals surface area contributed by atoms with E-state index in [2.05, 4.69) is 39.0 Å². The van der Waals surface area contributed by atoms with E-state index in [9.17, 15) is 0 Å². The minimum Gasteiger partial charge on any atom is -0.447 e. The number of hydrogen-bond acceptors (Lipinski definition) is 2. The van der Waals surface area contributed by atoms with E-state index in [1.807, 2.05) is 12.1 Å². The fourth-order valence-electron chi connectivity index (χ4n) is 1.16. The Kier molecular flexibility index (Phi) is 5.19. The van der Waals surface area contributed by atoms with Crippen LogP contribution in [0.4, 0.5) is 0 Å². The van der Waals surface area contributed by atoms with E-state index in [0.29, 0.717) is 0 Å². The fourth-order valence-corrected chi connectivity index (χ4v) is 1.89. The Hall–Kier alpha value is -1.02. The summed E-state index contributed by atoms with van der Waals surface area (Å²) in [5.74, 6) is 0.946. The number of ether oxygens (including phenoxy) is 1. The third kappa shape index (κ3) is 4.34. The number of aryl methyl sites for hydroxylation is 1. The Morgan fingerprint density at radius 3 is 2.67 bits per heavy atom. The molecule has 2 heteroatoms. The third-order valence-corrected chi connectivity index (χ3v) is 2.74. The van der Waals surface area contributed by atoms with Gasteiger partial charge in [-0.3, -0.25) is 0 Å². The molecule has 1 rings (SSSR count). The van der Waals surface area contributed by atoms with Crippen LogP contribution in [0.2, 0.25) is 0 Å². The van der Waals surface area contributed by atoms with Gasteiger partial charge in [-0.2, -0.15) is 0 Å². The van der Waals surface area contributed by atoms with Gasteiger partial charge < -0.3 is 4.74 Å². The van der Waals surface area contributed by atoms with E-state index in [0.717, 1.165) is 23.7 Å². The van der Waals surface area contributed by atoms with Crippen LogP contribution < -0.4 is 4.74 Å². The van der Waals surface area contributed by atoms with Crippen LogP contribution in [-0.2, 0) is 0 Å². The van der Waals surface area contributed by atoms with Crippen LogP contribution in [0.3, 0.4) is 0 Å². The highest BCUT2D eigenvalue weighted by Crippen LogP contribution is 2.25. The van der Waals surface area contributed by atoms with E-state index < -0.39 is 0 Å². The zero-order valence-corrected chi connectivity index (χ0v) is 10.4. The maximum atomic E-state index is 5.77. The highest BCUT2D eigenvalue weighted by atomic mass is 32.1. The monoisotopic (exact) mass is 222 g/mol. The summed E-state index contributed by atoms with van der Waals surface area (Å²) >= 11 is 1.68. The highest BCUT2D eigenvalue weighted by molar-refractivity contribution is 7.13. The van der Waals surface area contributed by atoms with Gasteiger partial charge in [-0.15, -0.1) is 11.3 Å². The van der Waals surface area contributed by atoms with Crippen molar-refractivity contribution in [2.24, 2.45) is 0 Å². The molecule has 1 nitrogen and oxygen atoms in total. The molecule has 0 aromatic carbocycles. The number of thiophene rings is 1. The average Bonchev–Trinajstić information content (AvgIpc) is 2.61. The molecular formula is C13H18OS. The SMILES string of the molecule is CC/C=C\C(=C/CC)Oc1ccc(C)s1. The second kappa shape index (κ2) is 6.46. The second-order valence-electron chi connectivity index (χ2n) is 3.29. The highest BCUT2D eigenvalue weighted by Gasteiger charge is 1.99. The Morgan fingerprint density at radius 2 is 2.13 bits per heavy atom. The zero-order valence-electron chi connectivity index (χ0n) is 9.62. The summed E-state index contributed by atoms with van der Waals surface area (Å²) in [6.07, 6.45) is 8.28.